The predicted molar refractivity (Wildman–Crippen MR) is 47.6 cm³/mol. The third-order valence-electron chi connectivity index (χ3n) is 1.47. The standard InChI is InChI=1S/C8H7ClFNO2/c1-13-8-5(9)2-3-6(7(8)10)11-4-12/h2-4H,1H3,(H,11,12). The fourth-order valence-corrected chi connectivity index (χ4v) is 1.12. The highest BCUT2D eigenvalue weighted by Crippen LogP contribution is 2.31. The molecule has 0 aliphatic rings. The van der Waals surface area contributed by atoms with Gasteiger partial charge in [0.05, 0.1) is 17.8 Å². The first-order valence-electron chi connectivity index (χ1n) is 3.43. The molecule has 0 radical (unpaired) electrons. The first kappa shape index (κ1) is 9.80. The average Bonchev–Trinajstić information content (AvgIpc) is 2.11. The Bertz CT molecular complexity index is 330. The molecule has 0 aliphatic carbocycles. The van der Waals surface area contributed by atoms with Crippen molar-refractivity contribution in [2.24, 2.45) is 0 Å². The number of benzene rings is 1. The number of halogens is 2. The van der Waals surface area contributed by atoms with Gasteiger partial charge in [0.15, 0.2) is 11.6 Å². The van der Waals surface area contributed by atoms with Crippen molar-refractivity contribution in [1.82, 2.24) is 0 Å². The van der Waals surface area contributed by atoms with Crippen molar-refractivity contribution in [1.29, 1.82) is 0 Å². The zero-order valence-corrected chi connectivity index (χ0v) is 7.56. The summed E-state index contributed by atoms with van der Waals surface area (Å²) in [6.07, 6.45) is 0.381. The molecule has 0 spiro atoms. The monoisotopic (exact) mass is 203 g/mol. The average molecular weight is 204 g/mol. The van der Waals surface area contributed by atoms with Crippen LogP contribution in [0, 0.1) is 5.82 Å². The van der Waals surface area contributed by atoms with Crippen molar-refractivity contribution in [3.8, 4) is 5.75 Å². The lowest BCUT2D eigenvalue weighted by Crippen LogP contribution is -1.99. The SMILES string of the molecule is COc1c(Cl)ccc(NC=O)c1F. The van der Waals surface area contributed by atoms with Crippen molar-refractivity contribution >= 4 is 23.7 Å². The quantitative estimate of drug-likeness (QED) is 0.764. The first-order chi connectivity index (χ1) is 6.20. The largest absolute Gasteiger partial charge is 0.492 e. The molecule has 1 aromatic rings. The summed E-state index contributed by atoms with van der Waals surface area (Å²) < 4.78 is 18.0. The van der Waals surface area contributed by atoms with Crippen molar-refractivity contribution in [2.45, 2.75) is 0 Å². The second-order valence-corrected chi connectivity index (χ2v) is 2.61. The van der Waals surface area contributed by atoms with Crippen LogP contribution in [0.4, 0.5) is 10.1 Å². The molecule has 5 heteroatoms. The van der Waals surface area contributed by atoms with Crippen LogP contribution in [0.25, 0.3) is 0 Å². The van der Waals surface area contributed by atoms with Crippen LogP contribution in [0.1, 0.15) is 0 Å². The molecule has 1 aromatic carbocycles. The number of methoxy groups -OCH3 is 1. The molecule has 1 N–H and O–H groups in total. The van der Waals surface area contributed by atoms with Crippen molar-refractivity contribution in [3.05, 3.63) is 23.0 Å². The molecule has 0 heterocycles. The molecule has 13 heavy (non-hydrogen) atoms. The number of amides is 1. The molecule has 0 saturated heterocycles. The maximum Gasteiger partial charge on any atom is 0.211 e. The number of hydrogen-bond acceptors (Lipinski definition) is 2. The summed E-state index contributed by atoms with van der Waals surface area (Å²) in [5.41, 5.74) is 0.0382. The highest BCUT2D eigenvalue weighted by atomic mass is 35.5. The summed E-state index contributed by atoms with van der Waals surface area (Å²) in [5.74, 6) is -0.754. The molecule has 1 amide bonds. The van der Waals surface area contributed by atoms with Crippen LogP contribution in [0.15, 0.2) is 12.1 Å². The lowest BCUT2D eigenvalue weighted by Gasteiger charge is -2.07. The van der Waals surface area contributed by atoms with Gasteiger partial charge in [-0.25, -0.2) is 4.39 Å². The van der Waals surface area contributed by atoms with E-state index in [9.17, 15) is 9.18 Å². The van der Waals surface area contributed by atoms with E-state index in [0.29, 0.717) is 6.41 Å². The topological polar surface area (TPSA) is 38.3 Å². The predicted octanol–water partition coefficient (Wildman–Crippen LogP) is 2.06. The Morgan fingerprint density at radius 3 is 2.85 bits per heavy atom. The van der Waals surface area contributed by atoms with E-state index in [1.54, 1.807) is 0 Å². The number of nitrogens with one attached hydrogen (secondary N) is 1. The second-order valence-electron chi connectivity index (χ2n) is 2.20. The Kier molecular flexibility index (Phi) is 3.08. The maximum atomic E-state index is 13.3. The Hall–Kier alpha value is -1.29. The fourth-order valence-electron chi connectivity index (χ4n) is 0.895. The molecule has 0 atom stereocenters. The van der Waals surface area contributed by atoms with E-state index in [0.717, 1.165) is 0 Å². The van der Waals surface area contributed by atoms with Gasteiger partial charge in [-0.15, -0.1) is 0 Å². The van der Waals surface area contributed by atoms with Crippen molar-refractivity contribution in [3.63, 3.8) is 0 Å². The number of ether oxygens (including phenoxy) is 1. The first-order valence-corrected chi connectivity index (χ1v) is 3.80. The van der Waals surface area contributed by atoms with E-state index in [2.05, 4.69) is 5.32 Å². The van der Waals surface area contributed by atoms with Crippen LogP contribution in [0.3, 0.4) is 0 Å². The molecule has 3 nitrogen and oxygen atoms in total. The summed E-state index contributed by atoms with van der Waals surface area (Å²) >= 11 is 5.62. The molecular weight excluding hydrogens is 197 g/mol. The maximum absolute atomic E-state index is 13.3. The van der Waals surface area contributed by atoms with Crippen LogP contribution in [0.5, 0.6) is 5.75 Å². The lowest BCUT2D eigenvalue weighted by atomic mass is 10.3. The van der Waals surface area contributed by atoms with Gasteiger partial charge < -0.3 is 10.1 Å². The van der Waals surface area contributed by atoms with E-state index < -0.39 is 5.82 Å². The van der Waals surface area contributed by atoms with Gasteiger partial charge >= 0.3 is 0 Å². The molecule has 0 unspecified atom stereocenters. The summed E-state index contributed by atoms with van der Waals surface area (Å²) in [5, 5.41) is 2.35. The Morgan fingerprint density at radius 2 is 2.31 bits per heavy atom. The normalized spacial score (nSPS) is 9.46. The number of carbonyl (C=O) groups excluding carboxylic acids is 1. The molecule has 0 bridgehead atoms. The number of rotatable bonds is 3. The Morgan fingerprint density at radius 1 is 1.62 bits per heavy atom. The molecular formula is C8H7ClFNO2. The third-order valence-corrected chi connectivity index (χ3v) is 1.77. The number of carbonyl (C=O) groups is 1. The number of anilines is 1. The number of hydrogen-bond donors (Lipinski definition) is 1. The molecule has 1 rings (SSSR count). The van der Waals surface area contributed by atoms with E-state index in [4.69, 9.17) is 16.3 Å². The summed E-state index contributed by atoms with van der Waals surface area (Å²) in [6.45, 7) is 0. The molecule has 0 aliphatic heterocycles. The fraction of sp³-hybridized carbons (Fsp3) is 0.125. The van der Waals surface area contributed by atoms with Crippen molar-refractivity contribution in [2.75, 3.05) is 12.4 Å². The zero-order valence-electron chi connectivity index (χ0n) is 6.80. The van der Waals surface area contributed by atoms with Crippen LogP contribution in [-0.2, 0) is 4.79 Å². The second kappa shape index (κ2) is 4.09. The van der Waals surface area contributed by atoms with Crippen LogP contribution in [-0.4, -0.2) is 13.5 Å². The van der Waals surface area contributed by atoms with Gasteiger partial charge in [0.2, 0.25) is 6.41 Å². The van der Waals surface area contributed by atoms with Crippen LogP contribution in [0.2, 0.25) is 5.02 Å². The van der Waals surface area contributed by atoms with Gasteiger partial charge in [0, 0.05) is 0 Å². The molecule has 0 saturated carbocycles. The lowest BCUT2D eigenvalue weighted by molar-refractivity contribution is -0.105. The van der Waals surface area contributed by atoms with E-state index in [1.807, 2.05) is 0 Å². The van der Waals surface area contributed by atoms with E-state index in [1.165, 1.54) is 19.2 Å². The van der Waals surface area contributed by atoms with Crippen molar-refractivity contribution < 1.29 is 13.9 Å². The highest BCUT2D eigenvalue weighted by molar-refractivity contribution is 6.32. The Labute approximate surface area is 79.5 Å². The van der Waals surface area contributed by atoms with Gasteiger partial charge in [-0.1, -0.05) is 11.6 Å². The minimum absolute atomic E-state index is 0.0382. The smallest absolute Gasteiger partial charge is 0.211 e. The summed E-state index contributed by atoms with van der Waals surface area (Å²) in [4.78, 5) is 10.1. The summed E-state index contributed by atoms with van der Waals surface area (Å²) in [7, 11) is 1.30. The van der Waals surface area contributed by atoms with Gasteiger partial charge in [0.25, 0.3) is 0 Å². The zero-order chi connectivity index (χ0) is 9.84. The highest BCUT2D eigenvalue weighted by Gasteiger charge is 2.11. The van der Waals surface area contributed by atoms with Crippen LogP contribution < -0.4 is 10.1 Å². The third kappa shape index (κ3) is 1.89. The minimum Gasteiger partial charge on any atom is -0.492 e. The van der Waals surface area contributed by atoms with Crippen LogP contribution >= 0.6 is 11.6 Å². The summed E-state index contributed by atoms with van der Waals surface area (Å²) in [6, 6.07) is 2.80. The van der Waals surface area contributed by atoms with E-state index in [-0.39, 0.29) is 16.5 Å². The molecule has 70 valence electrons. The molecule has 0 fully saturated rings. The minimum atomic E-state index is -0.679. The van der Waals surface area contributed by atoms with Gasteiger partial charge in [-0.2, -0.15) is 0 Å². The van der Waals surface area contributed by atoms with E-state index >= 15 is 0 Å². The molecule has 0 aromatic heterocycles. The van der Waals surface area contributed by atoms with Gasteiger partial charge in [0.1, 0.15) is 0 Å². The van der Waals surface area contributed by atoms with Gasteiger partial charge in [-0.05, 0) is 12.1 Å². The van der Waals surface area contributed by atoms with Gasteiger partial charge in [-0.3, -0.25) is 4.79 Å². The Balaban J connectivity index is 3.18.